The van der Waals surface area contributed by atoms with Crippen LogP contribution in [0.15, 0.2) is 18.2 Å². The van der Waals surface area contributed by atoms with Gasteiger partial charge in [0.2, 0.25) is 5.91 Å². The molecule has 1 saturated carbocycles. The second-order valence-electron chi connectivity index (χ2n) is 10.5. The Morgan fingerprint density at radius 2 is 2.11 bits per heavy atom. The second-order valence-corrected chi connectivity index (χ2v) is 10.5. The molecule has 1 N–H and O–H groups in total. The predicted octanol–water partition coefficient (Wildman–Crippen LogP) is 2.96. The highest BCUT2D eigenvalue weighted by molar-refractivity contribution is 5.87. The normalized spacial score (nSPS) is 28.9. The third-order valence-electron chi connectivity index (χ3n) is 8.37. The Balaban J connectivity index is 1.22. The number of benzene rings is 1. The van der Waals surface area contributed by atoms with Crippen LogP contribution in [0.25, 0.3) is 0 Å². The zero-order chi connectivity index (χ0) is 25.2. The van der Waals surface area contributed by atoms with Gasteiger partial charge < -0.3 is 14.8 Å². The SMILES string of the molecule is CCOC(=O)N1[C@@H]2CC[C@@H](C2)[C@H]1C(=O)N[C@H](C#N)Cc1ccc(C2CCCN(C3COC3)C2)cc1F. The minimum absolute atomic E-state index is 0.00264. The molecular weight excluding hydrogens is 463 g/mol. The average molecular weight is 499 g/mol. The van der Waals surface area contributed by atoms with Crippen LogP contribution >= 0.6 is 0 Å². The van der Waals surface area contributed by atoms with Crippen LogP contribution in [0.4, 0.5) is 9.18 Å². The average Bonchev–Trinajstić information content (AvgIpc) is 3.46. The van der Waals surface area contributed by atoms with Crippen molar-refractivity contribution in [2.24, 2.45) is 5.92 Å². The fraction of sp³-hybridized carbons (Fsp3) is 0.667. The van der Waals surface area contributed by atoms with E-state index in [1.807, 2.05) is 6.07 Å². The maximum absolute atomic E-state index is 15.1. The number of hydrogen-bond acceptors (Lipinski definition) is 6. The minimum Gasteiger partial charge on any atom is -0.450 e. The third kappa shape index (κ3) is 4.94. The molecule has 36 heavy (non-hydrogen) atoms. The maximum Gasteiger partial charge on any atom is 0.410 e. The van der Waals surface area contributed by atoms with E-state index < -0.39 is 18.2 Å². The second kappa shape index (κ2) is 10.7. The third-order valence-corrected chi connectivity index (χ3v) is 8.37. The molecule has 5 atom stereocenters. The molecule has 2 amide bonds. The summed E-state index contributed by atoms with van der Waals surface area (Å²) in [4.78, 5) is 29.6. The highest BCUT2D eigenvalue weighted by Gasteiger charge is 2.52. The van der Waals surface area contributed by atoms with E-state index in [2.05, 4.69) is 16.3 Å². The summed E-state index contributed by atoms with van der Waals surface area (Å²) in [5.41, 5.74) is 1.38. The zero-order valence-electron chi connectivity index (χ0n) is 20.8. The first-order valence-electron chi connectivity index (χ1n) is 13.2. The molecule has 0 spiro atoms. The molecule has 1 aromatic rings. The van der Waals surface area contributed by atoms with Crippen LogP contribution in [0.3, 0.4) is 0 Å². The van der Waals surface area contributed by atoms with Gasteiger partial charge in [0.25, 0.3) is 0 Å². The quantitative estimate of drug-likeness (QED) is 0.621. The lowest BCUT2D eigenvalue weighted by Crippen LogP contribution is -2.54. The highest BCUT2D eigenvalue weighted by atomic mass is 19.1. The Morgan fingerprint density at radius 1 is 1.28 bits per heavy atom. The van der Waals surface area contributed by atoms with Gasteiger partial charge in [-0.05, 0) is 74.6 Å². The Labute approximate surface area is 211 Å². The Morgan fingerprint density at radius 3 is 2.81 bits per heavy atom. The highest BCUT2D eigenvalue weighted by Crippen LogP contribution is 2.43. The predicted molar refractivity (Wildman–Crippen MR) is 130 cm³/mol. The van der Waals surface area contributed by atoms with Crippen LogP contribution in [-0.4, -0.2) is 78.9 Å². The lowest BCUT2D eigenvalue weighted by Gasteiger charge is -2.42. The van der Waals surface area contributed by atoms with Crippen molar-refractivity contribution in [1.82, 2.24) is 15.1 Å². The topological polar surface area (TPSA) is 94.9 Å². The molecule has 4 fully saturated rings. The summed E-state index contributed by atoms with van der Waals surface area (Å²) >= 11 is 0. The summed E-state index contributed by atoms with van der Waals surface area (Å²) < 4.78 is 25.6. The van der Waals surface area contributed by atoms with Crippen LogP contribution in [-0.2, 0) is 20.7 Å². The van der Waals surface area contributed by atoms with Crippen LogP contribution < -0.4 is 5.32 Å². The van der Waals surface area contributed by atoms with Crippen LogP contribution in [0, 0.1) is 23.1 Å². The molecule has 3 heterocycles. The van der Waals surface area contributed by atoms with Crippen molar-refractivity contribution < 1.29 is 23.5 Å². The van der Waals surface area contributed by atoms with Crippen LogP contribution in [0.2, 0.25) is 0 Å². The monoisotopic (exact) mass is 498 g/mol. The van der Waals surface area contributed by atoms with Crippen LogP contribution in [0.1, 0.15) is 56.1 Å². The van der Waals surface area contributed by atoms with E-state index in [9.17, 15) is 14.9 Å². The number of nitriles is 1. The maximum atomic E-state index is 15.1. The summed E-state index contributed by atoms with van der Waals surface area (Å²) in [7, 11) is 0. The number of fused-ring (bicyclic) bond motifs is 2. The number of amides is 2. The number of nitrogens with zero attached hydrogens (tertiary/aromatic N) is 3. The molecule has 1 unspecified atom stereocenters. The van der Waals surface area contributed by atoms with E-state index in [4.69, 9.17) is 9.47 Å². The van der Waals surface area contributed by atoms with Crippen molar-refractivity contribution in [3.8, 4) is 6.07 Å². The van der Waals surface area contributed by atoms with Gasteiger partial charge in [0.15, 0.2) is 0 Å². The molecule has 0 aromatic heterocycles. The van der Waals surface area contributed by atoms with Crippen molar-refractivity contribution in [2.75, 3.05) is 32.9 Å². The molecule has 2 bridgehead atoms. The van der Waals surface area contributed by atoms with Gasteiger partial charge in [0, 0.05) is 19.0 Å². The number of carbonyl (C=O) groups excluding carboxylic acids is 2. The molecule has 1 aliphatic carbocycles. The van der Waals surface area contributed by atoms with Crippen molar-refractivity contribution in [1.29, 1.82) is 5.26 Å². The standard InChI is InChI=1S/C27H35FN4O4/c1-2-36-27(34)32-22-8-7-19(11-22)25(32)26(33)30-21(13-29)10-18-6-5-17(12-24(18)28)20-4-3-9-31(14-20)23-15-35-16-23/h5-6,12,19-23,25H,2-4,7-11,14-16H2,1H3,(H,30,33)/t19-,20?,21-,22+,25-/m0/s1. The Kier molecular flexibility index (Phi) is 7.44. The van der Waals surface area contributed by atoms with E-state index >= 15 is 4.39 Å². The summed E-state index contributed by atoms with van der Waals surface area (Å²) in [6.45, 7) is 5.50. The summed E-state index contributed by atoms with van der Waals surface area (Å²) in [5.74, 6) is -0.363. The molecule has 8 nitrogen and oxygen atoms in total. The Bertz CT molecular complexity index is 1030. The number of halogens is 1. The first kappa shape index (κ1) is 25.0. The van der Waals surface area contributed by atoms with Crippen molar-refractivity contribution >= 4 is 12.0 Å². The molecule has 5 rings (SSSR count). The van der Waals surface area contributed by atoms with Crippen molar-refractivity contribution in [3.63, 3.8) is 0 Å². The largest absolute Gasteiger partial charge is 0.450 e. The first-order chi connectivity index (χ1) is 17.5. The summed E-state index contributed by atoms with van der Waals surface area (Å²) in [6.07, 6.45) is 4.21. The van der Waals surface area contributed by atoms with E-state index in [0.29, 0.717) is 11.6 Å². The van der Waals surface area contributed by atoms with Gasteiger partial charge >= 0.3 is 6.09 Å². The van der Waals surface area contributed by atoms with Gasteiger partial charge in [-0.1, -0.05) is 12.1 Å². The minimum atomic E-state index is -0.884. The molecule has 0 radical (unpaired) electrons. The zero-order valence-corrected chi connectivity index (χ0v) is 20.8. The smallest absolute Gasteiger partial charge is 0.410 e. The molecular formula is C27H35FN4O4. The number of nitrogens with one attached hydrogen (secondary N) is 1. The number of hydrogen-bond donors (Lipinski definition) is 1. The molecule has 4 aliphatic rings. The lowest BCUT2D eigenvalue weighted by atomic mass is 9.88. The van der Waals surface area contributed by atoms with E-state index in [0.717, 1.165) is 64.0 Å². The van der Waals surface area contributed by atoms with E-state index in [1.54, 1.807) is 24.0 Å². The number of likely N-dealkylation sites (tertiary alicyclic amines) is 2. The molecule has 9 heteroatoms. The molecule has 3 aliphatic heterocycles. The van der Waals surface area contributed by atoms with Gasteiger partial charge in [0.1, 0.15) is 17.9 Å². The van der Waals surface area contributed by atoms with Crippen LogP contribution in [0.5, 0.6) is 0 Å². The van der Waals surface area contributed by atoms with Crippen molar-refractivity contribution in [2.45, 2.75) is 75.5 Å². The fourth-order valence-corrected chi connectivity index (χ4v) is 6.42. The van der Waals surface area contributed by atoms with Crippen molar-refractivity contribution in [3.05, 3.63) is 35.1 Å². The number of piperidine rings is 2. The summed E-state index contributed by atoms with van der Waals surface area (Å²) in [6, 6.07) is 6.36. The molecule has 1 aromatic carbocycles. The lowest BCUT2D eigenvalue weighted by molar-refractivity contribution is -0.127. The number of rotatable bonds is 7. The fourth-order valence-electron chi connectivity index (χ4n) is 6.42. The van der Waals surface area contributed by atoms with Gasteiger partial charge in [0.05, 0.1) is 31.9 Å². The number of ether oxygens (including phenoxy) is 2. The molecule has 3 saturated heterocycles. The first-order valence-corrected chi connectivity index (χ1v) is 13.2. The van der Waals surface area contributed by atoms with Gasteiger partial charge in [-0.15, -0.1) is 0 Å². The summed E-state index contributed by atoms with van der Waals surface area (Å²) in [5, 5.41) is 12.5. The number of carbonyl (C=O) groups is 2. The Hall–Kier alpha value is -2.70. The van der Waals surface area contributed by atoms with Gasteiger partial charge in [-0.2, -0.15) is 5.26 Å². The van der Waals surface area contributed by atoms with Gasteiger partial charge in [-0.3, -0.25) is 14.6 Å². The van der Waals surface area contributed by atoms with E-state index in [-0.39, 0.29) is 42.6 Å². The van der Waals surface area contributed by atoms with E-state index in [1.165, 1.54) is 0 Å². The molecule has 194 valence electrons. The van der Waals surface area contributed by atoms with Gasteiger partial charge in [-0.25, -0.2) is 9.18 Å².